The van der Waals surface area contributed by atoms with Crippen molar-refractivity contribution in [3.8, 4) is 22.6 Å². The number of imidazole rings is 1. The molecule has 1 N–H and O–H groups in total. The summed E-state index contributed by atoms with van der Waals surface area (Å²) in [6.07, 6.45) is 3.90. The molecular weight excluding hydrogens is 489 g/mol. The van der Waals surface area contributed by atoms with Crippen molar-refractivity contribution < 1.29 is 22.5 Å². The van der Waals surface area contributed by atoms with E-state index in [0.717, 1.165) is 36.9 Å². The first-order chi connectivity index (χ1) is 17.5. The van der Waals surface area contributed by atoms with E-state index in [0.29, 0.717) is 16.9 Å². The maximum absolute atomic E-state index is 13.2. The number of nitrogens with one attached hydrogen (secondary N) is 1. The van der Waals surface area contributed by atoms with Gasteiger partial charge < -0.3 is 9.84 Å². The van der Waals surface area contributed by atoms with Crippen LogP contribution >= 0.6 is 0 Å². The molecule has 0 aliphatic heterocycles. The molecule has 0 fully saturated rings. The van der Waals surface area contributed by atoms with E-state index in [4.69, 9.17) is 4.52 Å². The molecule has 13 heteroatoms. The van der Waals surface area contributed by atoms with Crippen LogP contribution in [-0.4, -0.2) is 46.4 Å². The van der Waals surface area contributed by atoms with Crippen LogP contribution in [0.4, 0.5) is 19.0 Å². The highest BCUT2D eigenvalue weighted by molar-refractivity contribution is 5.91. The number of halogens is 3. The number of amides is 1. The van der Waals surface area contributed by atoms with Crippen LogP contribution in [0.2, 0.25) is 0 Å². The SMILES string of the molecule is Cn1cc(-c2cc3ncc(-c4ccc(CC(=O)Nc5cc(C(C)(C)C(F)(F)F)on5)cn4)n3cn2)cn1. The van der Waals surface area contributed by atoms with E-state index in [1.54, 1.807) is 46.1 Å². The molecule has 0 aromatic carbocycles. The van der Waals surface area contributed by atoms with E-state index in [2.05, 4.69) is 30.5 Å². The predicted molar refractivity (Wildman–Crippen MR) is 126 cm³/mol. The molecule has 0 radical (unpaired) electrons. The highest BCUT2D eigenvalue weighted by atomic mass is 19.4. The third-order valence-electron chi connectivity index (χ3n) is 5.96. The van der Waals surface area contributed by atoms with Crippen molar-refractivity contribution in [1.29, 1.82) is 0 Å². The lowest BCUT2D eigenvalue weighted by molar-refractivity contribution is -0.185. The molecule has 0 atom stereocenters. The molecule has 190 valence electrons. The Morgan fingerprint density at radius 3 is 2.54 bits per heavy atom. The fraction of sp³-hybridized carbons (Fsp3) is 0.250. The maximum atomic E-state index is 13.2. The average Bonchev–Trinajstić information content (AvgIpc) is 3.58. The Bertz CT molecular complexity index is 1580. The van der Waals surface area contributed by atoms with Crippen molar-refractivity contribution in [2.75, 3.05) is 5.32 Å². The summed E-state index contributed by atoms with van der Waals surface area (Å²) in [5.74, 6) is -0.955. The molecule has 5 heterocycles. The van der Waals surface area contributed by atoms with Crippen molar-refractivity contribution in [3.05, 3.63) is 66.7 Å². The van der Waals surface area contributed by atoms with Gasteiger partial charge in [0, 0.05) is 37.1 Å². The number of pyridine rings is 1. The molecule has 1 amide bonds. The summed E-state index contributed by atoms with van der Waals surface area (Å²) < 4.78 is 47.9. The first kappa shape index (κ1) is 24.2. The van der Waals surface area contributed by atoms with Gasteiger partial charge >= 0.3 is 6.18 Å². The predicted octanol–water partition coefficient (Wildman–Crippen LogP) is 4.20. The number of aryl methyl sites for hydroxylation is 1. The largest absolute Gasteiger partial charge is 0.401 e. The lowest BCUT2D eigenvalue weighted by Gasteiger charge is -2.24. The first-order valence-corrected chi connectivity index (χ1v) is 11.1. The van der Waals surface area contributed by atoms with Crippen molar-refractivity contribution in [1.82, 2.24) is 34.3 Å². The van der Waals surface area contributed by atoms with Gasteiger partial charge in [-0.25, -0.2) is 9.97 Å². The number of hydrogen-bond acceptors (Lipinski definition) is 7. The Balaban J connectivity index is 1.27. The quantitative estimate of drug-likeness (QED) is 0.364. The zero-order chi connectivity index (χ0) is 26.4. The Hall–Kier alpha value is -4.55. The first-order valence-electron chi connectivity index (χ1n) is 11.1. The molecule has 0 saturated carbocycles. The lowest BCUT2D eigenvalue weighted by atomic mass is 9.89. The van der Waals surface area contributed by atoms with Gasteiger partial charge in [-0.2, -0.15) is 18.3 Å². The number of alkyl halides is 3. The number of fused-ring (bicyclic) bond motifs is 1. The molecular formula is C24H21F3N8O2. The van der Waals surface area contributed by atoms with Crippen LogP contribution in [0, 0.1) is 0 Å². The van der Waals surface area contributed by atoms with E-state index >= 15 is 0 Å². The van der Waals surface area contributed by atoms with Gasteiger partial charge in [-0.3, -0.25) is 18.9 Å². The van der Waals surface area contributed by atoms with Crippen LogP contribution in [0.3, 0.4) is 0 Å². The molecule has 5 aromatic rings. The fourth-order valence-electron chi connectivity index (χ4n) is 3.61. The van der Waals surface area contributed by atoms with Gasteiger partial charge in [0.2, 0.25) is 5.91 Å². The molecule has 37 heavy (non-hydrogen) atoms. The van der Waals surface area contributed by atoms with Crippen molar-refractivity contribution >= 4 is 17.4 Å². The smallest absolute Gasteiger partial charge is 0.358 e. The van der Waals surface area contributed by atoms with E-state index in [1.165, 1.54) is 0 Å². The number of anilines is 1. The van der Waals surface area contributed by atoms with Gasteiger partial charge in [-0.05, 0) is 25.5 Å². The molecule has 0 unspecified atom stereocenters. The van der Waals surface area contributed by atoms with Crippen molar-refractivity contribution in [2.24, 2.45) is 7.05 Å². The van der Waals surface area contributed by atoms with Crippen molar-refractivity contribution in [3.63, 3.8) is 0 Å². The number of carbonyl (C=O) groups is 1. The second-order valence-electron chi connectivity index (χ2n) is 9.02. The number of nitrogens with zero attached hydrogens (tertiary/aromatic N) is 7. The topological polar surface area (TPSA) is 116 Å². The van der Waals surface area contributed by atoms with Crippen LogP contribution in [0.1, 0.15) is 25.2 Å². The molecule has 0 spiro atoms. The summed E-state index contributed by atoms with van der Waals surface area (Å²) in [5.41, 5.74) is 2.02. The molecule has 0 bridgehead atoms. The standard InChI is InChI=1S/C24H21F3N8O2/c1-23(2,24(25,26)27)19-8-20(33-37-19)32-22(36)6-14-4-5-16(28-9-14)18-11-29-21-7-17(30-13-35(18)21)15-10-31-34(3)12-15/h4-5,7-13H,6H2,1-3H3,(H,32,33,36). The molecule has 5 rings (SSSR count). The summed E-state index contributed by atoms with van der Waals surface area (Å²) in [7, 11) is 1.83. The molecule has 0 aliphatic rings. The van der Waals surface area contributed by atoms with E-state index in [-0.39, 0.29) is 12.2 Å². The van der Waals surface area contributed by atoms with E-state index in [1.807, 2.05) is 19.3 Å². The zero-order valence-corrected chi connectivity index (χ0v) is 20.0. The third-order valence-corrected chi connectivity index (χ3v) is 5.96. The van der Waals surface area contributed by atoms with Crippen LogP contribution in [0.25, 0.3) is 28.3 Å². The van der Waals surface area contributed by atoms with Crippen LogP contribution < -0.4 is 5.32 Å². The monoisotopic (exact) mass is 510 g/mol. The van der Waals surface area contributed by atoms with E-state index in [9.17, 15) is 18.0 Å². The Kier molecular flexibility index (Phi) is 5.77. The summed E-state index contributed by atoms with van der Waals surface area (Å²) in [6.45, 7) is 1.96. The Morgan fingerprint density at radius 1 is 1.05 bits per heavy atom. The average molecular weight is 510 g/mol. The minimum Gasteiger partial charge on any atom is -0.358 e. The second kappa shape index (κ2) is 8.84. The minimum atomic E-state index is -4.53. The van der Waals surface area contributed by atoms with Gasteiger partial charge in [0.15, 0.2) is 11.6 Å². The molecule has 10 nitrogen and oxygen atoms in total. The van der Waals surface area contributed by atoms with Crippen LogP contribution in [-0.2, 0) is 23.7 Å². The third kappa shape index (κ3) is 4.67. The Labute approximate surface area is 208 Å². The minimum absolute atomic E-state index is 0.0542. The maximum Gasteiger partial charge on any atom is 0.401 e. The van der Waals surface area contributed by atoms with Gasteiger partial charge in [-0.1, -0.05) is 11.2 Å². The van der Waals surface area contributed by atoms with Gasteiger partial charge in [0.25, 0.3) is 0 Å². The van der Waals surface area contributed by atoms with E-state index < -0.39 is 23.3 Å². The summed E-state index contributed by atoms with van der Waals surface area (Å²) in [6, 6.07) is 6.41. The van der Waals surface area contributed by atoms with Gasteiger partial charge in [0.1, 0.15) is 17.4 Å². The Morgan fingerprint density at radius 2 is 1.86 bits per heavy atom. The summed E-state index contributed by atoms with van der Waals surface area (Å²) in [5, 5.41) is 10.2. The lowest BCUT2D eigenvalue weighted by Crippen LogP contribution is -2.35. The number of rotatable bonds is 6. The van der Waals surface area contributed by atoms with Gasteiger partial charge in [0.05, 0.1) is 35.9 Å². The second-order valence-corrected chi connectivity index (χ2v) is 9.02. The number of aromatic nitrogens is 7. The number of carbonyl (C=O) groups excluding carboxylic acids is 1. The number of hydrogen-bond donors (Lipinski definition) is 1. The van der Waals surface area contributed by atoms with Crippen molar-refractivity contribution in [2.45, 2.75) is 31.9 Å². The van der Waals surface area contributed by atoms with Crippen LogP contribution in [0.5, 0.6) is 0 Å². The highest BCUT2D eigenvalue weighted by Gasteiger charge is 2.51. The molecule has 0 aliphatic carbocycles. The zero-order valence-electron chi connectivity index (χ0n) is 20.0. The van der Waals surface area contributed by atoms with Crippen LogP contribution in [0.15, 0.2) is 59.9 Å². The highest BCUT2D eigenvalue weighted by Crippen LogP contribution is 2.41. The molecule has 0 saturated heterocycles. The summed E-state index contributed by atoms with van der Waals surface area (Å²) in [4.78, 5) is 25.8. The summed E-state index contributed by atoms with van der Waals surface area (Å²) >= 11 is 0. The molecule has 5 aromatic heterocycles. The normalized spacial score (nSPS) is 12.3. The van der Waals surface area contributed by atoms with Gasteiger partial charge in [-0.15, -0.1) is 0 Å². The fourth-order valence-corrected chi connectivity index (χ4v) is 3.61.